The van der Waals surface area contributed by atoms with E-state index in [1.807, 2.05) is 24.3 Å². The van der Waals surface area contributed by atoms with E-state index in [-0.39, 0.29) is 11.2 Å². The average molecular weight is 207 g/mol. The first kappa shape index (κ1) is 9.27. The molecule has 0 N–H and O–H groups in total. The number of benzene rings is 1. The van der Waals surface area contributed by atoms with Crippen LogP contribution in [0.5, 0.6) is 0 Å². The Kier molecular flexibility index (Phi) is 2.54. The van der Waals surface area contributed by atoms with E-state index in [1.165, 1.54) is 18.9 Å². The van der Waals surface area contributed by atoms with Gasteiger partial charge in [0.1, 0.15) is 5.25 Å². The van der Waals surface area contributed by atoms with Crippen molar-refractivity contribution < 1.29 is 9.53 Å². The van der Waals surface area contributed by atoms with Gasteiger partial charge in [-0.1, -0.05) is 12.1 Å². The summed E-state index contributed by atoms with van der Waals surface area (Å²) in [5.41, 5.74) is 0.914. The van der Waals surface area contributed by atoms with Crippen molar-refractivity contribution in [3.8, 4) is 0 Å². The summed E-state index contributed by atoms with van der Waals surface area (Å²) in [5.74, 6) is -0.256. The van der Waals surface area contributed by atoms with Crippen molar-refractivity contribution in [3.05, 3.63) is 24.3 Å². The number of esters is 1. The van der Waals surface area contributed by atoms with Gasteiger partial charge in [0.2, 0.25) is 0 Å². The van der Waals surface area contributed by atoms with E-state index >= 15 is 0 Å². The summed E-state index contributed by atoms with van der Waals surface area (Å²) in [6, 6.07) is 7.73. The van der Waals surface area contributed by atoms with Gasteiger partial charge in [0.05, 0.1) is 12.8 Å². The zero-order chi connectivity index (χ0) is 9.97. The number of fused-ring (bicyclic) bond motifs is 1. The highest BCUT2D eigenvalue weighted by Crippen LogP contribution is 2.35. The van der Waals surface area contributed by atoms with Crippen LogP contribution in [0.25, 0.3) is 0 Å². The van der Waals surface area contributed by atoms with E-state index in [0.717, 1.165) is 10.6 Å². The molecule has 0 saturated heterocycles. The highest BCUT2D eigenvalue weighted by Gasteiger charge is 2.22. The molecule has 14 heavy (non-hydrogen) atoms. The fourth-order valence-corrected chi connectivity index (χ4v) is 2.19. The standard InChI is InChI=1S/C10H9NO2S/c1-13-10(12)9-6-11-7-4-2-3-5-8(7)14-9/h2-6,9H,1H3. The first-order chi connectivity index (χ1) is 6.81. The lowest BCUT2D eigenvalue weighted by Gasteiger charge is -2.15. The van der Waals surface area contributed by atoms with E-state index in [0.29, 0.717) is 0 Å². The van der Waals surface area contributed by atoms with Gasteiger partial charge in [-0.05, 0) is 12.1 Å². The Morgan fingerprint density at radius 2 is 2.29 bits per heavy atom. The Morgan fingerprint density at radius 1 is 1.50 bits per heavy atom. The van der Waals surface area contributed by atoms with Crippen molar-refractivity contribution in [1.82, 2.24) is 0 Å². The SMILES string of the molecule is COC(=O)C1C=Nc2ccccc2S1. The summed E-state index contributed by atoms with van der Waals surface area (Å²) in [5, 5.41) is -0.310. The van der Waals surface area contributed by atoms with Crippen molar-refractivity contribution in [2.45, 2.75) is 10.1 Å². The summed E-state index contributed by atoms with van der Waals surface area (Å²) in [6.07, 6.45) is 1.62. The van der Waals surface area contributed by atoms with Crippen molar-refractivity contribution >= 4 is 29.6 Å². The zero-order valence-electron chi connectivity index (χ0n) is 7.64. The highest BCUT2D eigenvalue weighted by atomic mass is 32.2. The van der Waals surface area contributed by atoms with Crippen LogP contribution in [-0.2, 0) is 9.53 Å². The van der Waals surface area contributed by atoms with Gasteiger partial charge in [-0.2, -0.15) is 0 Å². The van der Waals surface area contributed by atoms with Crippen molar-refractivity contribution in [2.75, 3.05) is 7.11 Å². The first-order valence-corrected chi connectivity index (χ1v) is 5.07. The number of carbonyl (C=O) groups is 1. The summed E-state index contributed by atoms with van der Waals surface area (Å²) in [4.78, 5) is 16.5. The normalized spacial score (nSPS) is 18.8. The molecule has 1 atom stereocenters. The Balaban J connectivity index is 2.25. The monoisotopic (exact) mass is 207 g/mol. The number of para-hydroxylation sites is 1. The minimum atomic E-state index is -0.310. The molecule has 0 saturated carbocycles. The van der Waals surface area contributed by atoms with Crippen LogP contribution in [0.4, 0.5) is 5.69 Å². The highest BCUT2D eigenvalue weighted by molar-refractivity contribution is 8.01. The lowest BCUT2D eigenvalue weighted by molar-refractivity contribution is -0.138. The van der Waals surface area contributed by atoms with Crippen LogP contribution in [-0.4, -0.2) is 24.5 Å². The van der Waals surface area contributed by atoms with Gasteiger partial charge in [-0.3, -0.25) is 9.79 Å². The minimum absolute atomic E-state index is 0.256. The molecule has 1 heterocycles. The van der Waals surface area contributed by atoms with Gasteiger partial charge in [0.15, 0.2) is 0 Å². The maximum absolute atomic E-state index is 11.2. The first-order valence-electron chi connectivity index (χ1n) is 4.19. The summed E-state index contributed by atoms with van der Waals surface area (Å²) in [7, 11) is 1.39. The number of aliphatic imine (C=N–C) groups is 1. The van der Waals surface area contributed by atoms with Crippen molar-refractivity contribution in [2.24, 2.45) is 4.99 Å². The van der Waals surface area contributed by atoms with Gasteiger partial charge in [0.25, 0.3) is 0 Å². The van der Waals surface area contributed by atoms with Crippen LogP contribution in [0.15, 0.2) is 34.2 Å². The molecule has 72 valence electrons. The fraction of sp³-hybridized carbons (Fsp3) is 0.200. The number of carbonyl (C=O) groups excluding carboxylic acids is 1. The lowest BCUT2D eigenvalue weighted by Crippen LogP contribution is -2.21. The van der Waals surface area contributed by atoms with E-state index in [2.05, 4.69) is 9.73 Å². The van der Waals surface area contributed by atoms with Gasteiger partial charge in [-0.25, -0.2) is 0 Å². The van der Waals surface area contributed by atoms with Crippen LogP contribution in [0.3, 0.4) is 0 Å². The second kappa shape index (κ2) is 3.84. The van der Waals surface area contributed by atoms with Crippen LogP contribution >= 0.6 is 11.8 Å². The molecule has 1 aliphatic rings. The Labute approximate surface area is 86.2 Å². The molecular formula is C10H9NO2S. The third-order valence-electron chi connectivity index (χ3n) is 1.90. The molecule has 0 aromatic heterocycles. The van der Waals surface area contributed by atoms with Crippen LogP contribution in [0.1, 0.15) is 0 Å². The number of hydrogen-bond donors (Lipinski definition) is 0. The molecule has 3 nitrogen and oxygen atoms in total. The number of rotatable bonds is 1. The third-order valence-corrected chi connectivity index (χ3v) is 3.07. The number of ether oxygens (including phenoxy) is 1. The number of hydrogen-bond acceptors (Lipinski definition) is 4. The van der Waals surface area contributed by atoms with E-state index in [4.69, 9.17) is 0 Å². The predicted octanol–water partition coefficient (Wildman–Crippen LogP) is 2.04. The Bertz CT molecular complexity index is 389. The van der Waals surface area contributed by atoms with Crippen molar-refractivity contribution in [1.29, 1.82) is 0 Å². The molecule has 4 heteroatoms. The second-order valence-electron chi connectivity index (χ2n) is 2.81. The van der Waals surface area contributed by atoms with E-state index in [9.17, 15) is 4.79 Å². The topological polar surface area (TPSA) is 38.7 Å². The third kappa shape index (κ3) is 1.65. The molecular weight excluding hydrogens is 198 g/mol. The van der Waals surface area contributed by atoms with Gasteiger partial charge < -0.3 is 4.74 Å². The zero-order valence-corrected chi connectivity index (χ0v) is 8.45. The van der Waals surface area contributed by atoms with Crippen LogP contribution in [0, 0.1) is 0 Å². The smallest absolute Gasteiger partial charge is 0.324 e. The molecule has 1 aromatic carbocycles. The quantitative estimate of drug-likeness (QED) is 0.661. The minimum Gasteiger partial charge on any atom is -0.468 e. The lowest BCUT2D eigenvalue weighted by atomic mass is 10.3. The molecule has 0 amide bonds. The summed E-state index contributed by atoms with van der Waals surface area (Å²) < 4.78 is 4.65. The number of nitrogens with zero attached hydrogens (tertiary/aromatic N) is 1. The molecule has 0 aliphatic carbocycles. The average Bonchev–Trinajstić information content (AvgIpc) is 2.27. The molecule has 0 radical (unpaired) electrons. The largest absolute Gasteiger partial charge is 0.468 e. The molecule has 2 rings (SSSR count). The molecule has 1 unspecified atom stereocenters. The Hall–Kier alpha value is -1.29. The second-order valence-corrected chi connectivity index (χ2v) is 3.99. The molecule has 1 aliphatic heterocycles. The van der Waals surface area contributed by atoms with Crippen LogP contribution < -0.4 is 0 Å². The summed E-state index contributed by atoms with van der Waals surface area (Å²) in [6.45, 7) is 0. The predicted molar refractivity (Wildman–Crippen MR) is 56.3 cm³/mol. The maximum atomic E-state index is 11.2. The molecule has 1 aromatic rings. The van der Waals surface area contributed by atoms with Gasteiger partial charge in [-0.15, -0.1) is 11.8 Å². The molecule has 0 spiro atoms. The fourth-order valence-electron chi connectivity index (χ4n) is 1.20. The molecule has 0 bridgehead atoms. The summed E-state index contributed by atoms with van der Waals surface area (Å²) >= 11 is 1.47. The van der Waals surface area contributed by atoms with Crippen molar-refractivity contribution in [3.63, 3.8) is 0 Å². The van der Waals surface area contributed by atoms with Gasteiger partial charge in [0, 0.05) is 11.1 Å². The number of methoxy groups -OCH3 is 1. The number of thioether (sulfide) groups is 1. The molecule has 0 fully saturated rings. The van der Waals surface area contributed by atoms with Crippen LogP contribution in [0.2, 0.25) is 0 Å². The van der Waals surface area contributed by atoms with E-state index < -0.39 is 0 Å². The van der Waals surface area contributed by atoms with Gasteiger partial charge >= 0.3 is 5.97 Å². The Morgan fingerprint density at radius 3 is 3.07 bits per heavy atom. The maximum Gasteiger partial charge on any atom is 0.324 e. The van der Waals surface area contributed by atoms with E-state index in [1.54, 1.807) is 6.21 Å².